The maximum Gasteiger partial charge on any atom is 0.318 e. The minimum absolute atomic E-state index is 0.00243. The first kappa shape index (κ1) is 30.2. The lowest BCUT2D eigenvalue weighted by Crippen LogP contribution is -2.49. The molecule has 3 N–H and O–H groups in total. The second kappa shape index (κ2) is 11.5. The van der Waals surface area contributed by atoms with Crippen molar-refractivity contribution in [1.82, 2.24) is 34.1 Å². The summed E-state index contributed by atoms with van der Waals surface area (Å²) in [4.78, 5) is 40.9. The predicted molar refractivity (Wildman–Crippen MR) is 177 cm³/mol. The summed E-state index contributed by atoms with van der Waals surface area (Å²) in [7, 11) is 1.63. The van der Waals surface area contributed by atoms with Crippen LogP contribution in [-0.4, -0.2) is 91.7 Å². The molecule has 0 radical (unpaired) electrons. The third-order valence-corrected chi connectivity index (χ3v) is 10.7. The van der Waals surface area contributed by atoms with Crippen LogP contribution in [0.4, 0.5) is 4.79 Å². The van der Waals surface area contributed by atoms with Crippen molar-refractivity contribution >= 4 is 28.6 Å². The molecule has 4 aliphatic rings. The number of aryl methyl sites for hydroxylation is 1. The predicted octanol–water partition coefficient (Wildman–Crippen LogP) is 4.27. The molecule has 3 aliphatic heterocycles. The number of carbonyl (C=O) groups is 2. The van der Waals surface area contributed by atoms with Crippen LogP contribution in [0, 0.1) is 12.8 Å². The molecule has 0 spiro atoms. The Kier molecular flexibility index (Phi) is 7.40. The van der Waals surface area contributed by atoms with Crippen molar-refractivity contribution in [2.45, 2.75) is 89.7 Å². The van der Waals surface area contributed by atoms with Crippen LogP contribution in [0.25, 0.3) is 28.1 Å². The van der Waals surface area contributed by atoms with Gasteiger partial charge in [-0.3, -0.25) is 9.20 Å². The molecule has 2 bridgehead atoms. The van der Waals surface area contributed by atoms with E-state index in [9.17, 15) is 9.59 Å². The number of hydrogen-bond donors (Lipinski definition) is 2. The number of hydrogen-bond acceptors (Lipinski definition) is 7. The van der Waals surface area contributed by atoms with E-state index in [0.717, 1.165) is 59.6 Å². The Hall–Kier alpha value is -4.16. The Morgan fingerprint density at radius 3 is 2.68 bits per heavy atom. The number of ether oxygens (including phenoxy) is 2. The van der Waals surface area contributed by atoms with Crippen molar-refractivity contribution in [2.24, 2.45) is 11.7 Å². The van der Waals surface area contributed by atoms with Gasteiger partial charge in [0.2, 0.25) is 0 Å². The SMILES string of the molecule is COc1cc(C(=O)N2[C@H]3CC[C@@H]2[C@H](N)C3)cc2nc(-c3cc4ccc([C@@H](C)NC(=O)N5CCO[C@H](C)C5)nc4n3CC3CC3)c(C)n12. The Balaban J connectivity index is 1.15. The molecule has 7 heterocycles. The summed E-state index contributed by atoms with van der Waals surface area (Å²) in [6.07, 6.45) is 5.24. The van der Waals surface area contributed by atoms with Crippen LogP contribution in [-0.2, 0) is 11.3 Å². The molecule has 248 valence electrons. The number of urea groups is 1. The normalized spacial score (nSPS) is 24.8. The molecule has 12 heteroatoms. The van der Waals surface area contributed by atoms with E-state index in [0.29, 0.717) is 42.7 Å². The molecule has 4 fully saturated rings. The first-order valence-electron chi connectivity index (χ1n) is 17.0. The van der Waals surface area contributed by atoms with Crippen LogP contribution in [0.15, 0.2) is 30.3 Å². The highest BCUT2D eigenvalue weighted by Crippen LogP contribution is 2.40. The maximum atomic E-state index is 13.8. The highest BCUT2D eigenvalue weighted by Gasteiger charge is 2.47. The van der Waals surface area contributed by atoms with Gasteiger partial charge in [-0.05, 0) is 83.1 Å². The summed E-state index contributed by atoms with van der Waals surface area (Å²) in [5.74, 6) is 1.16. The number of rotatable bonds is 7. The topological polar surface area (TPSA) is 132 Å². The fraction of sp³-hybridized carbons (Fsp3) is 0.543. The van der Waals surface area contributed by atoms with Crippen molar-refractivity contribution in [3.63, 3.8) is 0 Å². The molecule has 47 heavy (non-hydrogen) atoms. The molecule has 1 saturated carbocycles. The van der Waals surface area contributed by atoms with Gasteiger partial charge in [-0.25, -0.2) is 14.8 Å². The number of amides is 3. The van der Waals surface area contributed by atoms with Gasteiger partial charge in [0.1, 0.15) is 17.0 Å². The number of nitrogens with one attached hydrogen (secondary N) is 1. The van der Waals surface area contributed by atoms with Crippen LogP contribution < -0.4 is 15.8 Å². The van der Waals surface area contributed by atoms with Gasteiger partial charge in [-0.15, -0.1) is 0 Å². The Morgan fingerprint density at radius 2 is 1.98 bits per heavy atom. The van der Waals surface area contributed by atoms with Gasteiger partial charge in [0.05, 0.1) is 42.9 Å². The zero-order valence-corrected chi connectivity index (χ0v) is 27.6. The number of nitrogens with two attached hydrogens (primary N) is 1. The lowest BCUT2D eigenvalue weighted by atomic mass is 9.97. The quantitative estimate of drug-likeness (QED) is 0.308. The van der Waals surface area contributed by atoms with E-state index in [4.69, 9.17) is 25.2 Å². The highest BCUT2D eigenvalue weighted by atomic mass is 16.5. The lowest BCUT2D eigenvalue weighted by Gasteiger charge is -2.32. The number of methoxy groups -OCH3 is 1. The van der Waals surface area contributed by atoms with E-state index in [1.807, 2.05) is 48.3 Å². The number of nitrogens with zero attached hydrogens (tertiary/aromatic N) is 6. The standard InChI is InChI=1S/C35H44N8O4/c1-19-17-40(11-12-47-19)35(45)37-20(2)27-9-7-23-13-29(41(33(23)38-27)18-22-5-6-22)32-21(3)42-30(39-32)14-24(15-31(42)46-4)34(44)43-25-8-10-28(43)26(36)16-25/h7,9,13-15,19-20,22,25-26,28H,5-6,8,10-12,16-18,36H2,1-4H3,(H,37,45)/t19-,20-,25+,26-,28-/m1/s1. The van der Waals surface area contributed by atoms with Crippen LogP contribution >= 0.6 is 0 Å². The highest BCUT2D eigenvalue weighted by molar-refractivity contribution is 5.97. The van der Waals surface area contributed by atoms with Gasteiger partial charge < -0.3 is 34.9 Å². The molecule has 12 nitrogen and oxygen atoms in total. The van der Waals surface area contributed by atoms with Crippen molar-refractivity contribution < 1.29 is 19.1 Å². The maximum absolute atomic E-state index is 13.8. The summed E-state index contributed by atoms with van der Waals surface area (Å²) < 4.78 is 15.7. The molecular weight excluding hydrogens is 596 g/mol. The van der Waals surface area contributed by atoms with Gasteiger partial charge in [-0.2, -0.15) is 0 Å². The molecule has 3 saturated heterocycles. The van der Waals surface area contributed by atoms with Crippen LogP contribution in [0.5, 0.6) is 5.88 Å². The fourth-order valence-electron chi connectivity index (χ4n) is 7.97. The van der Waals surface area contributed by atoms with E-state index in [2.05, 4.69) is 22.0 Å². The number of morpholine rings is 1. The van der Waals surface area contributed by atoms with Gasteiger partial charge in [0.25, 0.3) is 5.91 Å². The number of fused-ring (bicyclic) bond motifs is 4. The van der Waals surface area contributed by atoms with Gasteiger partial charge in [0.15, 0.2) is 5.88 Å². The van der Waals surface area contributed by atoms with Gasteiger partial charge in [0, 0.05) is 54.8 Å². The average molecular weight is 641 g/mol. The fourth-order valence-corrected chi connectivity index (χ4v) is 7.97. The molecule has 1 aliphatic carbocycles. The van der Waals surface area contributed by atoms with E-state index in [1.54, 1.807) is 12.0 Å². The smallest absolute Gasteiger partial charge is 0.318 e. The first-order chi connectivity index (χ1) is 22.7. The zero-order valence-electron chi connectivity index (χ0n) is 27.6. The van der Waals surface area contributed by atoms with E-state index >= 15 is 0 Å². The molecule has 4 aromatic rings. The van der Waals surface area contributed by atoms with Crippen molar-refractivity contribution in [3.05, 3.63) is 47.3 Å². The van der Waals surface area contributed by atoms with Crippen molar-refractivity contribution in [3.8, 4) is 17.3 Å². The largest absolute Gasteiger partial charge is 0.482 e. The van der Waals surface area contributed by atoms with Gasteiger partial charge >= 0.3 is 6.03 Å². The van der Waals surface area contributed by atoms with E-state index in [1.165, 1.54) is 12.8 Å². The zero-order chi connectivity index (χ0) is 32.6. The minimum atomic E-state index is -0.268. The summed E-state index contributed by atoms with van der Waals surface area (Å²) in [5, 5.41) is 4.16. The molecule has 8 rings (SSSR count). The minimum Gasteiger partial charge on any atom is -0.482 e. The van der Waals surface area contributed by atoms with E-state index < -0.39 is 0 Å². The second-order valence-corrected chi connectivity index (χ2v) is 14.0. The summed E-state index contributed by atoms with van der Waals surface area (Å²) in [5.41, 5.74) is 12.0. The lowest BCUT2D eigenvalue weighted by molar-refractivity contribution is -0.00382. The molecule has 5 atom stereocenters. The summed E-state index contributed by atoms with van der Waals surface area (Å²) in [6.45, 7) is 8.54. The number of imidazole rings is 1. The molecule has 0 unspecified atom stereocenters. The molecule has 3 amide bonds. The Morgan fingerprint density at radius 1 is 1.15 bits per heavy atom. The molecule has 0 aromatic carbocycles. The Bertz CT molecular complexity index is 1880. The first-order valence-corrected chi connectivity index (χ1v) is 17.0. The van der Waals surface area contributed by atoms with E-state index in [-0.39, 0.29) is 42.2 Å². The summed E-state index contributed by atoms with van der Waals surface area (Å²) in [6, 6.07) is 9.93. The third-order valence-electron chi connectivity index (χ3n) is 10.7. The van der Waals surface area contributed by atoms with Gasteiger partial charge in [-0.1, -0.05) is 0 Å². The number of aromatic nitrogens is 4. The number of carbonyl (C=O) groups excluding carboxylic acids is 2. The third kappa shape index (κ3) is 5.22. The average Bonchev–Trinajstić information content (AvgIpc) is 3.38. The number of pyridine rings is 2. The second-order valence-electron chi connectivity index (χ2n) is 14.0. The molecular formula is C35H44N8O4. The van der Waals surface area contributed by atoms with Crippen LogP contribution in [0.1, 0.15) is 73.7 Å². The monoisotopic (exact) mass is 640 g/mol. The summed E-state index contributed by atoms with van der Waals surface area (Å²) >= 11 is 0. The van der Waals surface area contributed by atoms with Crippen LogP contribution in [0.2, 0.25) is 0 Å². The molecule has 4 aromatic heterocycles. The van der Waals surface area contributed by atoms with Crippen molar-refractivity contribution in [1.29, 1.82) is 0 Å². The Labute approximate surface area is 274 Å². The van der Waals surface area contributed by atoms with Crippen LogP contribution in [0.3, 0.4) is 0 Å². The van der Waals surface area contributed by atoms with Crippen molar-refractivity contribution in [2.75, 3.05) is 26.8 Å².